The first-order valence-electron chi connectivity index (χ1n) is 4.99. The van der Waals surface area contributed by atoms with E-state index in [0.717, 1.165) is 6.07 Å². The van der Waals surface area contributed by atoms with Crippen LogP contribution in [0.15, 0.2) is 34.9 Å². The number of anilines is 2. The van der Waals surface area contributed by atoms with Crippen LogP contribution < -0.4 is 5.32 Å². The summed E-state index contributed by atoms with van der Waals surface area (Å²) < 4.78 is 13.6. The second-order valence-corrected chi connectivity index (χ2v) is 4.91. The molecule has 0 radical (unpaired) electrons. The van der Waals surface area contributed by atoms with Gasteiger partial charge in [0.15, 0.2) is 0 Å². The second kappa shape index (κ2) is 5.50. The number of nitro groups is 1. The van der Waals surface area contributed by atoms with Gasteiger partial charge in [-0.3, -0.25) is 10.1 Å². The molecule has 1 aromatic carbocycles. The van der Waals surface area contributed by atoms with Crippen molar-refractivity contribution in [3.05, 3.63) is 55.9 Å². The standard InChI is InChI=1S/C11H6BrClFN3O2/c12-6-1-10(17(18)19)11(15-5-6)16-9-3-7(13)2-8(14)4-9/h1-5H,(H,15,16). The van der Waals surface area contributed by atoms with Gasteiger partial charge >= 0.3 is 5.69 Å². The summed E-state index contributed by atoms with van der Waals surface area (Å²) in [6.07, 6.45) is 1.40. The van der Waals surface area contributed by atoms with E-state index in [9.17, 15) is 14.5 Å². The van der Waals surface area contributed by atoms with Gasteiger partial charge in [0.05, 0.1) is 4.92 Å². The number of hydrogen-bond donors (Lipinski definition) is 1. The van der Waals surface area contributed by atoms with Gasteiger partial charge in [0.2, 0.25) is 5.82 Å². The Bertz CT molecular complexity index is 634. The van der Waals surface area contributed by atoms with E-state index >= 15 is 0 Å². The van der Waals surface area contributed by atoms with E-state index in [1.165, 1.54) is 24.4 Å². The van der Waals surface area contributed by atoms with Crippen molar-refractivity contribution < 1.29 is 9.31 Å². The maximum atomic E-state index is 13.2. The summed E-state index contributed by atoms with van der Waals surface area (Å²) in [6, 6.07) is 5.05. The van der Waals surface area contributed by atoms with E-state index in [2.05, 4.69) is 26.2 Å². The number of benzene rings is 1. The van der Waals surface area contributed by atoms with Crippen LogP contribution in [0.4, 0.5) is 21.6 Å². The largest absolute Gasteiger partial charge is 0.334 e. The first kappa shape index (κ1) is 13.7. The molecule has 0 bridgehead atoms. The first-order valence-corrected chi connectivity index (χ1v) is 6.16. The lowest BCUT2D eigenvalue weighted by molar-refractivity contribution is -0.384. The summed E-state index contributed by atoms with van der Waals surface area (Å²) >= 11 is 8.80. The van der Waals surface area contributed by atoms with Gasteiger partial charge in [0, 0.05) is 27.4 Å². The topological polar surface area (TPSA) is 68.1 Å². The average Bonchev–Trinajstić information content (AvgIpc) is 2.30. The third-order valence-electron chi connectivity index (χ3n) is 2.16. The van der Waals surface area contributed by atoms with Crippen LogP contribution in [0.5, 0.6) is 0 Å². The second-order valence-electron chi connectivity index (χ2n) is 3.56. The third kappa shape index (κ3) is 3.39. The number of nitrogens with one attached hydrogen (secondary N) is 1. The normalized spacial score (nSPS) is 10.3. The molecular weight excluding hydrogens is 340 g/mol. The highest BCUT2D eigenvalue weighted by atomic mass is 79.9. The van der Waals surface area contributed by atoms with Gasteiger partial charge in [-0.25, -0.2) is 9.37 Å². The minimum atomic E-state index is -0.582. The molecule has 0 atom stereocenters. The molecule has 2 aromatic rings. The fourth-order valence-corrected chi connectivity index (χ4v) is 1.97. The Morgan fingerprint density at radius 2 is 2.11 bits per heavy atom. The van der Waals surface area contributed by atoms with E-state index in [-0.39, 0.29) is 22.2 Å². The maximum Gasteiger partial charge on any atom is 0.312 e. The smallest absolute Gasteiger partial charge is 0.312 e. The quantitative estimate of drug-likeness (QED) is 0.665. The van der Waals surface area contributed by atoms with Crippen LogP contribution >= 0.6 is 27.5 Å². The van der Waals surface area contributed by atoms with Crippen LogP contribution in [-0.2, 0) is 0 Å². The average molecular weight is 347 g/mol. The molecule has 1 heterocycles. The maximum absolute atomic E-state index is 13.2. The van der Waals surface area contributed by atoms with Gasteiger partial charge in [0.25, 0.3) is 0 Å². The Balaban J connectivity index is 2.40. The highest BCUT2D eigenvalue weighted by Gasteiger charge is 2.16. The molecule has 1 aromatic heterocycles. The van der Waals surface area contributed by atoms with E-state index in [0.29, 0.717) is 4.47 Å². The van der Waals surface area contributed by atoms with E-state index < -0.39 is 10.7 Å². The molecule has 0 aliphatic carbocycles. The zero-order valence-electron chi connectivity index (χ0n) is 9.23. The van der Waals surface area contributed by atoms with E-state index in [1.54, 1.807) is 0 Å². The first-order chi connectivity index (χ1) is 8.95. The minimum Gasteiger partial charge on any atom is -0.334 e. The fraction of sp³-hybridized carbons (Fsp3) is 0. The molecule has 0 spiro atoms. The van der Waals surface area contributed by atoms with Crippen molar-refractivity contribution in [1.29, 1.82) is 0 Å². The zero-order valence-corrected chi connectivity index (χ0v) is 11.6. The molecule has 0 unspecified atom stereocenters. The summed E-state index contributed by atoms with van der Waals surface area (Å²) in [4.78, 5) is 14.2. The van der Waals surface area contributed by atoms with Gasteiger partial charge in [-0.1, -0.05) is 11.6 Å². The van der Waals surface area contributed by atoms with Crippen LogP contribution in [-0.4, -0.2) is 9.91 Å². The van der Waals surface area contributed by atoms with Crippen LogP contribution in [0.25, 0.3) is 0 Å². The highest BCUT2D eigenvalue weighted by molar-refractivity contribution is 9.10. The molecule has 0 fully saturated rings. The highest BCUT2D eigenvalue weighted by Crippen LogP contribution is 2.29. The molecule has 19 heavy (non-hydrogen) atoms. The van der Waals surface area contributed by atoms with Crippen molar-refractivity contribution in [3.8, 4) is 0 Å². The van der Waals surface area contributed by atoms with Gasteiger partial charge in [-0.05, 0) is 34.1 Å². The Hall–Kier alpha value is -1.73. The summed E-state index contributed by atoms with van der Waals surface area (Å²) in [7, 11) is 0. The molecule has 98 valence electrons. The molecule has 0 saturated heterocycles. The third-order valence-corrected chi connectivity index (χ3v) is 2.81. The van der Waals surface area contributed by atoms with Crippen LogP contribution in [0.2, 0.25) is 5.02 Å². The molecular formula is C11H6BrClFN3O2. The van der Waals surface area contributed by atoms with E-state index in [1.807, 2.05) is 0 Å². The Labute approximate surface area is 120 Å². The van der Waals surface area contributed by atoms with Crippen LogP contribution in [0.1, 0.15) is 0 Å². The number of nitrogens with zero attached hydrogens (tertiary/aromatic N) is 2. The summed E-state index contributed by atoms with van der Waals surface area (Å²) in [5.74, 6) is -0.537. The number of pyridine rings is 1. The van der Waals surface area contributed by atoms with Crippen LogP contribution in [0.3, 0.4) is 0 Å². The summed E-state index contributed by atoms with van der Waals surface area (Å²) in [5.41, 5.74) is 0.0534. The molecule has 0 aliphatic rings. The van der Waals surface area contributed by atoms with E-state index in [4.69, 9.17) is 11.6 Å². The molecule has 0 aliphatic heterocycles. The lowest BCUT2D eigenvalue weighted by Crippen LogP contribution is -2.00. The SMILES string of the molecule is O=[N+]([O-])c1cc(Br)cnc1Nc1cc(F)cc(Cl)c1. The van der Waals surface area contributed by atoms with Gasteiger partial charge in [0.1, 0.15) is 5.82 Å². The lowest BCUT2D eigenvalue weighted by Gasteiger charge is -2.07. The van der Waals surface area contributed by atoms with Crippen molar-refractivity contribution in [2.45, 2.75) is 0 Å². The predicted octanol–water partition coefficient (Wildman–Crippen LogP) is 4.29. The Kier molecular flexibility index (Phi) is 3.96. The van der Waals surface area contributed by atoms with Crippen molar-refractivity contribution >= 4 is 44.7 Å². The van der Waals surface area contributed by atoms with Gasteiger partial charge in [-0.15, -0.1) is 0 Å². The molecule has 2 rings (SSSR count). The minimum absolute atomic E-state index is 0.00914. The Morgan fingerprint density at radius 1 is 1.37 bits per heavy atom. The molecule has 0 saturated carbocycles. The number of halogens is 3. The number of hydrogen-bond acceptors (Lipinski definition) is 4. The van der Waals surface area contributed by atoms with Gasteiger partial charge in [-0.2, -0.15) is 0 Å². The van der Waals surface area contributed by atoms with Crippen molar-refractivity contribution in [1.82, 2.24) is 4.98 Å². The van der Waals surface area contributed by atoms with Crippen molar-refractivity contribution in [2.75, 3.05) is 5.32 Å². The molecule has 1 N–H and O–H groups in total. The molecule has 8 heteroatoms. The lowest BCUT2D eigenvalue weighted by atomic mass is 10.3. The predicted molar refractivity (Wildman–Crippen MR) is 73.3 cm³/mol. The van der Waals surface area contributed by atoms with Crippen molar-refractivity contribution in [3.63, 3.8) is 0 Å². The molecule has 5 nitrogen and oxygen atoms in total. The Morgan fingerprint density at radius 3 is 2.74 bits per heavy atom. The van der Waals surface area contributed by atoms with Crippen molar-refractivity contribution in [2.24, 2.45) is 0 Å². The van der Waals surface area contributed by atoms with Gasteiger partial charge < -0.3 is 5.32 Å². The summed E-state index contributed by atoms with van der Waals surface area (Å²) in [5, 5.41) is 13.7. The zero-order chi connectivity index (χ0) is 14.0. The number of aromatic nitrogens is 1. The fourth-order valence-electron chi connectivity index (χ4n) is 1.43. The summed E-state index contributed by atoms with van der Waals surface area (Å²) in [6.45, 7) is 0. The van der Waals surface area contributed by atoms with Crippen LogP contribution in [0, 0.1) is 15.9 Å². The number of rotatable bonds is 3. The monoisotopic (exact) mass is 345 g/mol. The molecule has 0 amide bonds.